The van der Waals surface area contributed by atoms with Crippen LogP contribution in [0.15, 0.2) is 41.3 Å². The molecule has 0 saturated carbocycles. The second kappa shape index (κ2) is 4.53. The highest BCUT2D eigenvalue weighted by atomic mass is 79.9. The molecule has 1 aromatic carbocycles. The normalized spacial score (nSPS) is 10.1. The first kappa shape index (κ1) is 11.0. The number of carbonyl (C=O) groups excluding carboxylic acids is 1. The second-order valence-corrected chi connectivity index (χ2v) is 4.26. The van der Waals surface area contributed by atoms with Crippen LogP contribution in [0, 0.1) is 6.92 Å². The van der Waals surface area contributed by atoms with Gasteiger partial charge in [-0.05, 0) is 24.6 Å². The summed E-state index contributed by atoms with van der Waals surface area (Å²) in [5.74, 6) is -0.125. The van der Waals surface area contributed by atoms with Gasteiger partial charge in [-0.2, -0.15) is 0 Å². The monoisotopic (exact) mass is 276 g/mol. The number of benzene rings is 1. The summed E-state index contributed by atoms with van der Waals surface area (Å²) in [4.78, 5) is 19.9. The zero-order valence-corrected chi connectivity index (χ0v) is 10.2. The highest BCUT2D eigenvalue weighted by molar-refractivity contribution is 9.10. The number of aromatic nitrogens is 2. The Bertz CT molecular complexity index is 526. The van der Waals surface area contributed by atoms with Crippen LogP contribution in [0.25, 0.3) is 0 Å². The maximum absolute atomic E-state index is 12.0. The number of hydrogen-bond donors (Lipinski definition) is 0. The van der Waals surface area contributed by atoms with Crippen molar-refractivity contribution in [2.75, 3.05) is 0 Å². The molecule has 0 unspecified atom stereocenters. The van der Waals surface area contributed by atoms with Crippen molar-refractivity contribution in [2.45, 2.75) is 6.92 Å². The molecule has 1 heterocycles. The minimum Gasteiger partial charge on any atom is -0.287 e. The fourth-order valence-corrected chi connectivity index (χ4v) is 2.03. The lowest BCUT2D eigenvalue weighted by Crippen LogP contribution is -2.05. The number of aryl methyl sites for hydroxylation is 1. The first-order valence-corrected chi connectivity index (χ1v) is 5.54. The van der Waals surface area contributed by atoms with Gasteiger partial charge in [0.2, 0.25) is 5.78 Å². The van der Waals surface area contributed by atoms with E-state index in [9.17, 15) is 4.79 Å². The lowest BCUT2D eigenvalue weighted by atomic mass is 10.1. The topological polar surface area (TPSA) is 42.9 Å². The van der Waals surface area contributed by atoms with E-state index in [1.54, 1.807) is 12.3 Å². The molecule has 0 saturated heterocycles. The molecule has 0 N–H and O–H groups in total. The third-order valence-corrected chi connectivity index (χ3v) is 2.82. The summed E-state index contributed by atoms with van der Waals surface area (Å²) in [5.41, 5.74) is 2.06. The lowest BCUT2D eigenvalue weighted by Gasteiger charge is -2.03. The summed E-state index contributed by atoms with van der Waals surface area (Å²) >= 11 is 3.38. The Morgan fingerprint density at radius 3 is 2.75 bits per heavy atom. The highest BCUT2D eigenvalue weighted by Crippen LogP contribution is 2.20. The van der Waals surface area contributed by atoms with Gasteiger partial charge in [0.25, 0.3) is 0 Å². The Morgan fingerprint density at radius 2 is 2.12 bits per heavy atom. The maximum atomic E-state index is 12.0. The quantitative estimate of drug-likeness (QED) is 0.793. The molecule has 0 fully saturated rings. The fourth-order valence-electron chi connectivity index (χ4n) is 1.36. The molecule has 3 nitrogen and oxygen atoms in total. The van der Waals surface area contributed by atoms with E-state index in [4.69, 9.17) is 0 Å². The molecule has 0 radical (unpaired) electrons. The first-order valence-electron chi connectivity index (χ1n) is 4.75. The summed E-state index contributed by atoms with van der Waals surface area (Å²) in [5, 5.41) is 0. The standard InChI is InChI=1S/C12H9BrN2O/c1-8-2-3-9(10(13)6-8)12(16)11-7-14-4-5-15-11/h2-7H,1H3. The highest BCUT2D eigenvalue weighted by Gasteiger charge is 2.13. The first-order chi connectivity index (χ1) is 7.68. The summed E-state index contributed by atoms with van der Waals surface area (Å²) < 4.78 is 0.781. The number of hydrogen-bond acceptors (Lipinski definition) is 3. The number of rotatable bonds is 2. The largest absolute Gasteiger partial charge is 0.287 e. The van der Waals surface area contributed by atoms with Gasteiger partial charge in [-0.25, -0.2) is 4.98 Å². The molecule has 0 aliphatic carbocycles. The van der Waals surface area contributed by atoms with Crippen molar-refractivity contribution < 1.29 is 4.79 Å². The molecule has 0 aliphatic rings. The average molecular weight is 277 g/mol. The van der Waals surface area contributed by atoms with Crippen molar-refractivity contribution in [3.8, 4) is 0 Å². The van der Waals surface area contributed by atoms with Crippen molar-refractivity contribution in [3.05, 3.63) is 58.1 Å². The summed E-state index contributed by atoms with van der Waals surface area (Å²) in [6.45, 7) is 1.97. The average Bonchev–Trinajstić information content (AvgIpc) is 2.29. The van der Waals surface area contributed by atoms with E-state index >= 15 is 0 Å². The Morgan fingerprint density at radius 1 is 1.31 bits per heavy atom. The van der Waals surface area contributed by atoms with Gasteiger partial charge in [0.1, 0.15) is 5.69 Å². The molecule has 0 aliphatic heterocycles. The minimum atomic E-state index is -0.125. The van der Waals surface area contributed by atoms with Crippen molar-refractivity contribution >= 4 is 21.7 Å². The van der Waals surface area contributed by atoms with E-state index in [0.29, 0.717) is 11.3 Å². The van der Waals surface area contributed by atoms with Crippen LogP contribution in [0.3, 0.4) is 0 Å². The summed E-state index contributed by atoms with van der Waals surface area (Å²) in [6, 6.07) is 5.59. The van der Waals surface area contributed by atoms with E-state index in [2.05, 4.69) is 25.9 Å². The molecule has 0 bridgehead atoms. The van der Waals surface area contributed by atoms with Crippen LogP contribution in [-0.4, -0.2) is 15.8 Å². The van der Waals surface area contributed by atoms with Crippen LogP contribution < -0.4 is 0 Å². The summed E-state index contributed by atoms with van der Waals surface area (Å²) in [7, 11) is 0. The second-order valence-electron chi connectivity index (χ2n) is 3.40. The number of ketones is 1. The predicted octanol–water partition coefficient (Wildman–Crippen LogP) is 2.78. The van der Waals surface area contributed by atoms with E-state index in [1.165, 1.54) is 12.4 Å². The van der Waals surface area contributed by atoms with E-state index < -0.39 is 0 Å². The van der Waals surface area contributed by atoms with Crippen LogP contribution in [0.4, 0.5) is 0 Å². The van der Waals surface area contributed by atoms with Gasteiger partial charge in [-0.3, -0.25) is 9.78 Å². The van der Waals surface area contributed by atoms with E-state index in [-0.39, 0.29) is 5.78 Å². The predicted molar refractivity (Wildman–Crippen MR) is 64.3 cm³/mol. The van der Waals surface area contributed by atoms with Crippen molar-refractivity contribution in [1.29, 1.82) is 0 Å². The van der Waals surface area contributed by atoms with Crippen molar-refractivity contribution in [1.82, 2.24) is 9.97 Å². The Labute approximate surface area is 102 Å². The molecule has 2 rings (SSSR count). The Kier molecular flexibility index (Phi) is 3.10. The van der Waals surface area contributed by atoms with Crippen LogP contribution in [0.5, 0.6) is 0 Å². The van der Waals surface area contributed by atoms with Crippen molar-refractivity contribution in [3.63, 3.8) is 0 Å². The van der Waals surface area contributed by atoms with Gasteiger partial charge in [-0.15, -0.1) is 0 Å². The lowest BCUT2D eigenvalue weighted by molar-refractivity contribution is 0.103. The zero-order valence-electron chi connectivity index (χ0n) is 8.64. The zero-order chi connectivity index (χ0) is 11.5. The molecule has 1 aromatic heterocycles. The third-order valence-electron chi connectivity index (χ3n) is 2.17. The molecule has 0 spiro atoms. The van der Waals surface area contributed by atoms with Crippen LogP contribution in [0.2, 0.25) is 0 Å². The van der Waals surface area contributed by atoms with Gasteiger partial charge in [0.15, 0.2) is 0 Å². The van der Waals surface area contributed by atoms with Gasteiger partial charge in [0.05, 0.1) is 6.20 Å². The fraction of sp³-hybridized carbons (Fsp3) is 0.0833. The van der Waals surface area contributed by atoms with Gasteiger partial charge in [0, 0.05) is 22.4 Å². The Balaban J connectivity index is 2.42. The molecule has 80 valence electrons. The molecule has 4 heteroatoms. The van der Waals surface area contributed by atoms with E-state index in [0.717, 1.165) is 10.0 Å². The maximum Gasteiger partial charge on any atom is 0.214 e. The van der Waals surface area contributed by atoms with Gasteiger partial charge >= 0.3 is 0 Å². The number of nitrogens with zero attached hydrogens (tertiary/aromatic N) is 2. The number of halogens is 1. The SMILES string of the molecule is Cc1ccc(C(=O)c2cnccn2)c(Br)c1. The molecular weight excluding hydrogens is 268 g/mol. The molecule has 2 aromatic rings. The van der Waals surface area contributed by atoms with Crippen molar-refractivity contribution in [2.24, 2.45) is 0 Å². The molecule has 0 amide bonds. The van der Waals surface area contributed by atoms with Crippen LogP contribution in [-0.2, 0) is 0 Å². The molecule has 0 atom stereocenters. The molecular formula is C12H9BrN2O. The van der Waals surface area contributed by atoms with Crippen LogP contribution >= 0.6 is 15.9 Å². The Hall–Kier alpha value is -1.55. The third kappa shape index (κ3) is 2.17. The van der Waals surface area contributed by atoms with Crippen LogP contribution in [0.1, 0.15) is 21.6 Å². The van der Waals surface area contributed by atoms with Gasteiger partial charge in [-0.1, -0.05) is 22.0 Å². The smallest absolute Gasteiger partial charge is 0.214 e. The number of carbonyl (C=O) groups is 1. The van der Waals surface area contributed by atoms with Gasteiger partial charge < -0.3 is 0 Å². The summed E-state index contributed by atoms with van der Waals surface area (Å²) in [6.07, 6.45) is 4.52. The minimum absolute atomic E-state index is 0.125. The van der Waals surface area contributed by atoms with E-state index in [1.807, 2.05) is 19.1 Å². The molecule has 16 heavy (non-hydrogen) atoms.